The molecule has 2 atom stereocenters. The van der Waals surface area contributed by atoms with E-state index in [1.54, 1.807) is 18.9 Å². The predicted octanol–water partition coefficient (Wildman–Crippen LogP) is -0.896. The zero-order valence-electron chi connectivity index (χ0n) is 12.3. The van der Waals surface area contributed by atoms with Crippen LogP contribution in [-0.2, 0) is 19.1 Å². The van der Waals surface area contributed by atoms with Crippen molar-refractivity contribution >= 4 is 11.8 Å². The van der Waals surface area contributed by atoms with E-state index in [1.807, 2.05) is 0 Å². The number of morpholine rings is 1. The normalized spacial score (nSPS) is 18.4. The van der Waals surface area contributed by atoms with Crippen molar-refractivity contribution in [2.24, 2.45) is 5.73 Å². The van der Waals surface area contributed by atoms with Crippen LogP contribution in [0, 0.1) is 0 Å². The Bertz CT molecular complexity index is 319. The Kier molecular flexibility index (Phi) is 7.50. The maximum atomic E-state index is 12.1. The largest absolute Gasteiger partial charge is 0.385 e. The lowest BCUT2D eigenvalue weighted by molar-refractivity contribution is -0.139. The number of rotatable bonds is 7. The molecule has 116 valence electrons. The van der Waals surface area contributed by atoms with Gasteiger partial charge in [-0.15, -0.1) is 0 Å². The molecule has 0 saturated carbocycles. The summed E-state index contributed by atoms with van der Waals surface area (Å²) in [6.45, 7) is 4.48. The van der Waals surface area contributed by atoms with Gasteiger partial charge in [0.2, 0.25) is 11.8 Å². The van der Waals surface area contributed by atoms with Gasteiger partial charge in [0.25, 0.3) is 0 Å². The third kappa shape index (κ3) is 5.44. The summed E-state index contributed by atoms with van der Waals surface area (Å²) in [4.78, 5) is 25.7. The van der Waals surface area contributed by atoms with E-state index in [9.17, 15) is 9.59 Å². The van der Waals surface area contributed by atoms with Gasteiger partial charge in [-0.05, 0) is 19.8 Å². The number of nitrogens with zero attached hydrogens (tertiary/aromatic N) is 1. The molecule has 1 aliphatic heterocycles. The van der Waals surface area contributed by atoms with Crippen molar-refractivity contribution in [3.63, 3.8) is 0 Å². The summed E-state index contributed by atoms with van der Waals surface area (Å²) in [5, 5.41) is 2.67. The van der Waals surface area contributed by atoms with E-state index >= 15 is 0 Å². The number of hydrogen-bond donors (Lipinski definition) is 2. The number of nitrogens with two attached hydrogens (primary N) is 1. The quantitative estimate of drug-likeness (QED) is 0.592. The molecule has 1 saturated heterocycles. The highest BCUT2D eigenvalue weighted by Gasteiger charge is 2.25. The van der Waals surface area contributed by atoms with Gasteiger partial charge in [0, 0.05) is 26.8 Å². The van der Waals surface area contributed by atoms with Crippen LogP contribution in [0.1, 0.15) is 19.8 Å². The van der Waals surface area contributed by atoms with Gasteiger partial charge in [0.1, 0.15) is 6.04 Å². The van der Waals surface area contributed by atoms with Gasteiger partial charge in [-0.3, -0.25) is 9.59 Å². The van der Waals surface area contributed by atoms with E-state index in [0.717, 1.165) is 6.42 Å². The predicted molar refractivity (Wildman–Crippen MR) is 74.1 cm³/mol. The molecule has 0 aromatic rings. The summed E-state index contributed by atoms with van der Waals surface area (Å²) in [6.07, 6.45) is 1.26. The highest BCUT2D eigenvalue weighted by molar-refractivity contribution is 5.89. The Labute approximate surface area is 119 Å². The van der Waals surface area contributed by atoms with Crippen molar-refractivity contribution < 1.29 is 19.1 Å². The molecule has 1 fully saturated rings. The molecule has 1 aliphatic rings. The minimum atomic E-state index is -0.606. The van der Waals surface area contributed by atoms with E-state index in [-0.39, 0.29) is 11.8 Å². The van der Waals surface area contributed by atoms with Crippen LogP contribution in [0.15, 0.2) is 0 Å². The summed E-state index contributed by atoms with van der Waals surface area (Å²) in [5.74, 6) is -0.388. The molecule has 0 aliphatic carbocycles. The Balaban J connectivity index is 2.33. The first-order valence-corrected chi connectivity index (χ1v) is 6.97. The monoisotopic (exact) mass is 287 g/mol. The Morgan fingerprint density at radius 3 is 2.65 bits per heavy atom. The molecule has 1 rings (SSSR count). The molecule has 2 amide bonds. The molecule has 0 radical (unpaired) electrons. The molecule has 20 heavy (non-hydrogen) atoms. The first kappa shape index (κ1) is 16.9. The molecule has 7 nitrogen and oxygen atoms in total. The maximum absolute atomic E-state index is 12.1. The van der Waals surface area contributed by atoms with Gasteiger partial charge in [0.15, 0.2) is 0 Å². The molecular weight excluding hydrogens is 262 g/mol. The highest BCUT2D eigenvalue weighted by atomic mass is 16.5. The van der Waals surface area contributed by atoms with Crippen LogP contribution in [0.2, 0.25) is 0 Å². The van der Waals surface area contributed by atoms with Crippen molar-refractivity contribution in [2.75, 3.05) is 40.0 Å². The van der Waals surface area contributed by atoms with Crippen LogP contribution in [-0.4, -0.2) is 68.8 Å². The lowest BCUT2D eigenvalue weighted by atomic mass is 10.1. The van der Waals surface area contributed by atoms with Crippen molar-refractivity contribution in [1.82, 2.24) is 10.2 Å². The standard InChI is InChI=1S/C13H25N3O4/c1-10(13(18)16-5-8-20-9-6-16)15-12(17)11(14)4-3-7-19-2/h10-11H,3-9,14H2,1-2H3,(H,15,17). The van der Waals surface area contributed by atoms with E-state index in [0.29, 0.717) is 39.3 Å². The number of hydrogen-bond acceptors (Lipinski definition) is 5. The van der Waals surface area contributed by atoms with Crippen LogP contribution in [0.25, 0.3) is 0 Å². The minimum Gasteiger partial charge on any atom is -0.385 e. The topological polar surface area (TPSA) is 93.9 Å². The fourth-order valence-electron chi connectivity index (χ4n) is 2.02. The highest BCUT2D eigenvalue weighted by Crippen LogP contribution is 2.02. The van der Waals surface area contributed by atoms with Crippen LogP contribution in [0.5, 0.6) is 0 Å². The number of carbonyl (C=O) groups is 2. The molecule has 1 heterocycles. The Morgan fingerprint density at radius 1 is 1.40 bits per heavy atom. The Hall–Kier alpha value is -1.18. The molecule has 3 N–H and O–H groups in total. The molecule has 0 spiro atoms. The van der Waals surface area contributed by atoms with E-state index in [4.69, 9.17) is 15.2 Å². The van der Waals surface area contributed by atoms with Crippen LogP contribution in [0.3, 0.4) is 0 Å². The zero-order chi connectivity index (χ0) is 15.0. The van der Waals surface area contributed by atoms with Gasteiger partial charge in [-0.1, -0.05) is 0 Å². The average Bonchev–Trinajstić information content (AvgIpc) is 2.47. The molecule has 0 aromatic heterocycles. The summed E-state index contributed by atoms with van der Waals surface area (Å²) < 4.78 is 10.1. The number of ether oxygens (including phenoxy) is 2. The molecule has 7 heteroatoms. The van der Waals surface area contributed by atoms with Crippen molar-refractivity contribution in [1.29, 1.82) is 0 Å². The summed E-state index contributed by atoms with van der Waals surface area (Å²) in [6, 6.07) is -1.17. The second kappa shape index (κ2) is 8.89. The fraction of sp³-hybridized carbons (Fsp3) is 0.846. The molecule has 0 aromatic carbocycles. The third-order valence-electron chi connectivity index (χ3n) is 3.25. The maximum Gasteiger partial charge on any atom is 0.245 e. The number of amides is 2. The van der Waals surface area contributed by atoms with Gasteiger partial charge >= 0.3 is 0 Å². The Morgan fingerprint density at radius 2 is 2.05 bits per heavy atom. The van der Waals surface area contributed by atoms with E-state index in [2.05, 4.69) is 5.32 Å². The average molecular weight is 287 g/mol. The zero-order valence-corrected chi connectivity index (χ0v) is 12.3. The van der Waals surface area contributed by atoms with Crippen LogP contribution < -0.4 is 11.1 Å². The van der Waals surface area contributed by atoms with Gasteiger partial charge in [0.05, 0.1) is 19.3 Å². The first-order valence-electron chi connectivity index (χ1n) is 6.97. The third-order valence-corrected chi connectivity index (χ3v) is 3.25. The SMILES string of the molecule is COCCCC(N)C(=O)NC(C)C(=O)N1CCOCC1. The van der Waals surface area contributed by atoms with Gasteiger partial charge in [-0.25, -0.2) is 0 Å². The van der Waals surface area contributed by atoms with Crippen LogP contribution >= 0.6 is 0 Å². The van der Waals surface area contributed by atoms with Gasteiger partial charge in [-0.2, -0.15) is 0 Å². The summed E-state index contributed by atoms with van der Waals surface area (Å²) in [5.41, 5.74) is 5.77. The smallest absolute Gasteiger partial charge is 0.245 e. The molecular formula is C13H25N3O4. The lowest BCUT2D eigenvalue weighted by Crippen LogP contribution is -2.53. The van der Waals surface area contributed by atoms with Crippen molar-refractivity contribution in [2.45, 2.75) is 31.8 Å². The van der Waals surface area contributed by atoms with E-state index < -0.39 is 12.1 Å². The van der Waals surface area contributed by atoms with Crippen molar-refractivity contribution in [3.8, 4) is 0 Å². The van der Waals surface area contributed by atoms with Gasteiger partial charge < -0.3 is 25.4 Å². The fourth-order valence-corrected chi connectivity index (χ4v) is 2.02. The second-order valence-corrected chi connectivity index (χ2v) is 4.91. The molecule has 0 bridgehead atoms. The van der Waals surface area contributed by atoms with Crippen molar-refractivity contribution in [3.05, 3.63) is 0 Å². The minimum absolute atomic E-state index is 0.0919. The number of carbonyl (C=O) groups excluding carboxylic acids is 2. The first-order chi connectivity index (χ1) is 9.56. The summed E-state index contributed by atoms with van der Waals surface area (Å²) in [7, 11) is 1.61. The van der Waals surface area contributed by atoms with E-state index in [1.165, 1.54) is 0 Å². The molecule has 2 unspecified atom stereocenters. The number of methoxy groups -OCH3 is 1. The lowest BCUT2D eigenvalue weighted by Gasteiger charge is -2.29. The summed E-state index contributed by atoms with van der Waals surface area (Å²) >= 11 is 0. The second-order valence-electron chi connectivity index (χ2n) is 4.91. The number of nitrogens with one attached hydrogen (secondary N) is 1. The van der Waals surface area contributed by atoms with Crippen LogP contribution in [0.4, 0.5) is 0 Å².